The molecule has 4 heteroatoms. The van der Waals surface area contributed by atoms with Crippen molar-refractivity contribution in [2.75, 3.05) is 19.6 Å². The standard InChI is InChI=1S/C17H30N4/c1-5-18-16(20-13-8-11-17(2,3)4)21-14-10-15-9-6-7-12-19-15/h6-7,9,12H,5,8,10-11,13-14H2,1-4H3,(H2,18,20,21). The molecular weight excluding hydrogens is 260 g/mol. The summed E-state index contributed by atoms with van der Waals surface area (Å²) in [6.07, 6.45) is 5.07. The molecule has 0 aromatic carbocycles. The van der Waals surface area contributed by atoms with Gasteiger partial charge in [-0.2, -0.15) is 0 Å². The average molecular weight is 290 g/mol. The van der Waals surface area contributed by atoms with Crippen LogP contribution in [0.1, 0.15) is 46.2 Å². The number of hydrogen-bond donors (Lipinski definition) is 2. The van der Waals surface area contributed by atoms with Crippen LogP contribution < -0.4 is 10.6 Å². The quantitative estimate of drug-likeness (QED) is 0.461. The number of pyridine rings is 1. The fourth-order valence-corrected chi connectivity index (χ4v) is 2.00. The Kier molecular flexibility index (Phi) is 7.80. The molecule has 0 saturated heterocycles. The minimum absolute atomic E-state index is 0.389. The summed E-state index contributed by atoms with van der Waals surface area (Å²) in [7, 11) is 0. The zero-order chi connectivity index (χ0) is 15.6. The molecule has 0 spiro atoms. The summed E-state index contributed by atoms with van der Waals surface area (Å²) in [5.41, 5.74) is 1.49. The van der Waals surface area contributed by atoms with Crippen LogP contribution in [0.3, 0.4) is 0 Å². The Bertz CT molecular complexity index is 407. The van der Waals surface area contributed by atoms with Gasteiger partial charge in [-0.05, 0) is 37.3 Å². The molecule has 0 unspecified atom stereocenters. The van der Waals surface area contributed by atoms with Gasteiger partial charge in [0.1, 0.15) is 0 Å². The van der Waals surface area contributed by atoms with E-state index in [0.29, 0.717) is 5.41 Å². The van der Waals surface area contributed by atoms with Crippen molar-refractivity contribution in [1.29, 1.82) is 0 Å². The molecule has 1 heterocycles. The molecule has 0 saturated carbocycles. The van der Waals surface area contributed by atoms with Gasteiger partial charge in [0, 0.05) is 37.9 Å². The monoisotopic (exact) mass is 290 g/mol. The number of aromatic nitrogens is 1. The summed E-state index contributed by atoms with van der Waals surface area (Å²) in [4.78, 5) is 8.95. The zero-order valence-corrected chi connectivity index (χ0v) is 13.9. The van der Waals surface area contributed by atoms with E-state index in [1.165, 1.54) is 6.42 Å². The van der Waals surface area contributed by atoms with Crippen molar-refractivity contribution in [3.8, 4) is 0 Å². The molecule has 0 aliphatic carbocycles. The molecule has 2 N–H and O–H groups in total. The second-order valence-electron chi connectivity index (χ2n) is 6.42. The summed E-state index contributed by atoms with van der Waals surface area (Å²) in [6, 6.07) is 6.01. The van der Waals surface area contributed by atoms with Crippen LogP contribution in [0.5, 0.6) is 0 Å². The van der Waals surface area contributed by atoms with Crippen LogP contribution in [-0.4, -0.2) is 30.6 Å². The van der Waals surface area contributed by atoms with Crippen molar-refractivity contribution < 1.29 is 0 Å². The van der Waals surface area contributed by atoms with Crippen molar-refractivity contribution in [3.63, 3.8) is 0 Å². The van der Waals surface area contributed by atoms with Crippen molar-refractivity contribution in [2.45, 2.75) is 47.0 Å². The number of nitrogens with one attached hydrogen (secondary N) is 2. The Hall–Kier alpha value is -1.58. The molecule has 0 amide bonds. The Labute approximate surface area is 129 Å². The molecule has 0 fully saturated rings. The summed E-state index contributed by atoms with van der Waals surface area (Å²) in [6.45, 7) is 11.5. The van der Waals surface area contributed by atoms with Crippen LogP contribution in [0.15, 0.2) is 29.4 Å². The highest BCUT2D eigenvalue weighted by Crippen LogP contribution is 2.20. The van der Waals surface area contributed by atoms with E-state index in [-0.39, 0.29) is 0 Å². The first-order chi connectivity index (χ1) is 10.0. The van der Waals surface area contributed by atoms with Gasteiger partial charge in [0.2, 0.25) is 0 Å². The van der Waals surface area contributed by atoms with Crippen LogP contribution in [0.2, 0.25) is 0 Å². The van der Waals surface area contributed by atoms with Crippen molar-refractivity contribution in [1.82, 2.24) is 15.6 Å². The van der Waals surface area contributed by atoms with Crippen LogP contribution in [0, 0.1) is 5.41 Å². The average Bonchev–Trinajstić information content (AvgIpc) is 2.43. The Balaban J connectivity index is 2.31. The fraction of sp³-hybridized carbons (Fsp3) is 0.647. The maximum Gasteiger partial charge on any atom is 0.191 e. The number of hydrogen-bond acceptors (Lipinski definition) is 2. The van der Waals surface area contributed by atoms with Gasteiger partial charge in [-0.1, -0.05) is 26.8 Å². The van der Waals surface area contributed by atoms with Crippen molar-refractivity contribution in [2.24, 2.45) is 10.4 Å². The summed E-state index contributed by atoms with van der Waals surface area (Å²) in [5, 5.41) is 6.65. The lowest BCUT2D eigenvalue weighted by atomic mass is 9.91. The highest BCUT2D eigenvalue weighted by atomic mass is 15.2. The van der Waals surface area contributed by atoms with Gasteiger partial charge in [0.05, 0.1) is 0 Å². The largest absolute Gasteiger partial charge is 0.357 e. The number of rotatable bonds is 7. The maximum atomic E-state index is 4.62. The van der Waals surface area contributed by atoms with E-state index < -0.39 is 0 Å². The molecule has 0 radical (unpaired) electrons. The Morgan fingerprint density at radius 1 is 1.24 bits per heavy atom. The van der Waals surface area contributed by atoms with Gasteiger partial charge in [-0.3, -0.25) is 9.98 Å². The summed E-state index contributed by atoms with van der Waals surface area (Å²) >= 11 is 0. The highest BCUT2D eigenvalue weighted by Gasteiger charge is 2.08. The first kappa shape index (κ1) is 17.5. The molecule has 1 aromatic rings. The molecule has 0 aliphatic heterocycles. The van der Waals surface area contributed by atoms with Gasteiger partial charge in [0.25, 0.3) is 0 Å². The lowest BCUT2D eigenvalue weighted by Gasteiger charge is -2.17. The molecular formula is C17H30N4. The predicted molar refractivity (Wildman–Crippen MR) is 90.6 cm³/mol. The smallest absolute Gasteiger partial charge is 0.191 e. The summed E-state index contributed by atoms with van der Waals surface area (Å²) in [5.74, 6) is 0.905. The molecule has 1 aromatic heterocycles. The van der Waals surface area contributed by atoms with E-state index >= 15 is 0 Å². The molecule has 4 nitrogen and oxygen atoms in total. The van der Waals surface area contributed by atoms with Gasteiger partial charge in [-0.25, -0.2) is 0 Å². The molecule has 0 atom stereocenters. The lowest BCUT2D eigenvalue weighted by molar-refractivity contribution is 0.368. The first-order valence-corrected chi connectivity index (χ1v) is 7.93. The minimum Gasteiger partial charge on any atom is -0.357 e. The predicted octanol–water partition coefficient (Wildman–Crippen LogP) is 3.01. The van der Waals surface area contributed by atoms with E-state index in [2.05, 4.69) is 54.4 Å². The number of aliphatic imine (C=N–C) groups is 1. The summed E-state index contributed by atoms with van der Waals surface area (Å²) < 4.78 is 0. The van der Waals surface area contributed by atoms with Crippen molar-refractivity contribution in [3.05, 3.63) is 30.1 Å². The number of nitrogens with zero attached hydrogens (tertiary/aromatic N) is 2. The van der Waals surface area contributed by atoms with E-state index in [4.69, 9.17) is 0 Å². The second kappa shape index (κ2) is 9.37. The second-order valence-corrected chi connectivity index (χ2v) is 6.42. The zero-order valence-electron chi connectivity index (χ0n) is 13.9. The Morgan fingerprint density at radius 3 is 2.67 bits per heavy atom. The minimum atomic E-state index is 0.389. The maximum absolute atomic E-state index is 4.62. The molecule has 1 rings (SSSR count). The molecule has 118 valence electrons. The van der Waals surface area contributed by atoms with Crippen molar-refractivity contribution >= 4 is 5.96 Å². The van der Waals surface area contributed by atoms with Gasteiger partial charge in [0.15, 0.2) is 5.96 Å². The lowest BCUT2D eigenvalue weighted by Crippen LogP contribution is -2.38. The van der Waals surface area contributed by atoms with Crippen LogP contribution in [0.25, 0.3) is 0 Å². The SMILES string of the molecule is CCNC(=NCCCC(C)(C)C)NCCc1ccccn1. The van der Waals surface area contributed by atoms with Gasteiger partial charge >= 0.3 is 0 Å². The van der Waals surface area contributed by atoms with Gasteiger partial charge in [-0.15, -0.1) is 0 Å². The molecule has 21 heavy (non-hydrogen) atoms. The highest BCUT2D eigenvalue weighted by molar-refractivity contribution is 5.79. The Morgan fingerprint density at radius 2 is 2.05 bits per heavy atom. The third-order valence-electron chi connectivity index (χ3n) is 3.10. The van der Waals surface area contributed by atoms with E-state index in [9.17, 15) is 0 Å². The van der Waals surface area contributed by atoms with Crippen LogP contribution in [-0.2, 0) is 6.42 Å². The molecule has 0 aliphatic rings. The van der Waals surface area contributed by atoms with Crippen LogP contribution in [0.4, 0.5) is 0 Å². The van der Waals surface area contributed by atoms with E-state index in [1.54, 1.807) is 0 Å². The third kappa shape index (κ3) is 9.05. The van der Waals surface area contributed by atoms with Gasteiger partial charge < -0.3 is 10.6 Å². The fourth-order valence-electron chi connectivity index (χ4n) is 2.00. The first-order valence-electron chi connectivity index (χ1n) is 7.93. The third-order valence-corrected chi connectivity index (χ3v) is 3.10. The van der Waals surface area contributed by atoms with E-state index in [1.807, 2.05) is 18.3 Å². The normalized spacial score (nSPS) is 12.3. The number of guanidine groups is 1. The molecule has 0 bridgehead atoms. The topological polar surface area (TPSA) is 49.3 Å². The van der Waals surface area contributed by atoms with Crippen LogP contribution >= 0.6 is 0 Å². The van der Waals surface area contributed by atoms with E-state index in [0.717, 1.165) is 44.1 Å².